The molecule has 4 bridgehead atoms. The van der Waals surface area contributed by atoms with Gasteiger partial charge in [0.2, 0.25) is 0 Å². The Kier molecular flexibility index (Phi) is 7.60. The number of carboxylic acids is 1. The van der Waals surface area contributed by atoms with Crippen molar-refractivity contribution in [1.82, 2.24) is 5.32 Å². The summed E-state index contributed by atoms with van der Waals surface area (Å²) in [5, 5.41) is 12.5. The van der Waals surface area contributed by atoms with Gasteiger partial charge in [-0.15, -0.1) is 0 Å². The van der Waals surface area contributed by atoms with Gasteiger partial charge in [-0.3, -0.25) is 9.59 Å². The predicted octanol–water partition coefficient (Wildman–Crippen LogP) is 6.53. The molecule has 2 aromatic carbocycles. The highest BCUT2D eigenvalue weighted by atomic mass is 16.5. The van der Waals surface area contributed by atoms with E-state index < -0.39 is 11.9 Å². The Balaban J connectivity index is 1.26. The Bertz CT molecular complexity index is 1090. The van der Waals surface area contributed by atoms with Crippen LogP contribution in [0, 0.1) is 23.7 Å². The number of benzene rings is 2. The van der Waals surface area contributed by atoms with Crippen molar-refractivity contribution in [3.8, 4) is 5.75 Å². The second-order valence-electron chi connectivity index (χ2n) is 11.9. The Morgan fingerprint density at radius 3 is 2.22 bits per heavy atom. The number of amides is 1. The molecular weight excluding hydrogens is 462 g/mol. The maximum absolute atomic E-state index is 13.1. The van der Waals surface area contributed by atoms with Gasteiger partial charge in [-0.1, -0.05) is 38.1 Å². The number of nitrogens with one attached hydrogen (secondary N) is 1. The summed E-state index contributed by atoms with van der Waals surface area (Å²) < 4.78 is 5.92. The smallest absolute Gasteiger partial charge is 0.306 e. The zero-order chi connectivity index (χ0) is 26.0. The Hall–Kier alpha value is -2.82. The lowest BCUT2D eigenvalue weighted by atomic mass is 9.48. The van der Waals surface area contributed by atoms with Crippen LogP contribution in [0.25, 0.3) is 0 Å². The minimum absolute atomic E-state index is 0.0964. The summed E-state index contributed by atoms with van der Waals surface area (Å²) in [6.07, 6.45) is 10.2. The fraction of sp³-hybridized carbons (Fsp3) is 0.562. The maximum Gasteiger partial charge on any atom is 0.306 e. The van der Waals surface area contributed by atoms with E-state index in [1.165, 1.54) is 44.1 Å². The first-order valence-electron chi connectivity index (χ1n) is 14.2. The Morgan fingerprint density at radius 2 is 1.65 bits per heavy atom. The van der Waals surface area contributed by atoms with Gasteiger partial charge in [0.1, 0.15) is 5.75 Å². The van der Waals surface area contributed by atoms with Gasteiger partial charge in [0.05, 0.1) is 12.5 Å². The number of carbonyl (C=O) groups is 2. The van der Waals surface area contributed by atoms with E-state index >= 15 is 0 Å². The highest BCUT2D eigenvalue weighted by molar-refractivity contribution is 5.94. The van der Waals surface area contributed by atoms with Gasteiger partial charge in [-0.2, -0.15) is 0 Å². The zero-order valence-corrected chi connectivity index (χ0v) is 22.3. The van der Waals surface area contributed by atoms with Crippen LogP contribution in [0.2, 0.25) is 0 Å². The van der Waals surface area contributed by atoms with Crippen molar-refractivity contribution in [3.05, 3.63) is 64.7 Å². The molecular formula is C32H41NO4. The van der Waals surface area contributed by atoms with Crippen molar-refractivity contribution in [2.75, 3.05) is 6.61 Å². The lowest BCUT2D eigenvalue weighted by molar-refractivity contribution is -0.141. The van der Waals surface area contributed by atoms with E-state index in [9.17, 15) is 14.7 Å². The van der Waals surface area contributed by atoms with Gasteiger partial charge < -0.3 is 15.2 Å². The van der Waals surface area contributed by atoms with E-state index in [-0.39, 0.29) is 5.91 Å². The molecule has 5 heteroatoms. The van der Waals surface area contributed by atoms with Crippen LogP contribution in [0.1, 0.15) is 92.3 Å². The molecule has 6 rings (SSSR count). The molecule has 4 fully saturated rings. The lowest BCUT2D eigenvalue weighted by Gasteiger charge is -2.57. The summed E-state index contributed by atoms with van der Waals surface area (Å²) in [5.74, 6) is 2.15. The molecule has 4 aliphatic rings. The van der Waals surface area contributed by atoms with Crippen molar-refractivity contribution in [1.29, 1.82) is 0 Å². The number of aliphatic carboxylic acids is 1. The minimum atomic E-state index is -0.777. The molecule has 2 N–H and O–H groups in total. The molecule has 0 saturated heterocycles. The highest BCUT2D eigenvalue weighted by Gasteiger charge is 2.51. The van der Waals surface area contributed by atoms with Gasteiger partial charge in [-0.25, -0.2) is 0 Å². The first kappa shape index (κ1) is 25.8. The Labute approximate surface area is 221 Å². The summed E-state index contributed by atoms with van der Waals surface area (Å²) in [5.41, 5.74) is 4.27. The van der Waals surface area contributed by atoms with E-state index in [4.69, 9.17) is 4.74 Å². The number of ether oxygens (including phenoxy) is 1. The summed E-state index contributed by atoms with van der Waals surface area (Å²) >= 11 is 0. The van der Waals surface area contributed by atoms with E-state index in [0.717, 1.165) is 41.1 Å². The summed E-state index contributed by atoms with van der Waals surface area (Å²) in [6, 6.07) is 14.2. The second kappa shape index (κ2) is 10.9. The molecule has 5 nitrogen and oxygen atoms in total. The van der Waals surface area contributed by atoms with Crippen LogP contribution in [0.3, 0.4) is 0 Å². The van der Waals surface area contributed by atoms with Crippen LogP contribution in [-0.4, -0.2) is 23.6 Å². The average molecular weight is 504 g/mol. The monoisotopic (exact) mass is 503 g/mol. The highest BCUT2D eigenvalue weighted by Crippen LogP contribution is 2.60. The molecule has 0 aromatic heterocycles. The molecule has 1 atom stereocenters. The number of carboxylic acid groups (broad SMARTS) is 1. The number of rotatable bonds is 11. The SMILES string of the molecule is CCCOc1ccc(C[C@@H](CC)C(=O)O)cc1CNC(=O)c1ccc(C23CC4CC(CC(C4)C2)C3)cc1. The summed E-state index contributed by atoms with van der Waals surface area (Å²) in [7, 11) is 0. The first-order valence-corrected chi connectivity index (χ1v) is 14.2. The standard InChI is InChI=1S/C32H41NO4/c1-3-11-37-29-10-5-21(15-25(4-2)31(35)36)16-27(29)20-33-30(34)26-6-8-28(9-7-26)32-17-22-12-23(18-32)14-24(13-22)19-32/h5-10,16,22-25H,3-4,11-15,17-20H2,1-2H3,(H,33,34)(H,35,36)/t22?,23?,24?,25-,32?/m1/s1. The third-order valence-electron chi connectivity index (χ3n) is 9.15. The van der Waals surface area contributed by atoms with Gasteiger partial charge in [0.25, 0.3) is 5.91 Å². The van der Waals surface area contributed by atoms with E-state index in [2.05, 4.69) is 24.4 Å². The van der Waals surface area contributed by atoms with Crippen LogP contribution in [0.4, 0.5) is 0 Å². The molecule has 0 aliphatic heterocycles. The number of hydrogen-bond donors (Lipinski definition) is 2. The van der Waals surface area contributed by atoms with E-state index in [0.29, 0.717) is 37.0 Å². The number of hydrogen-bond acceptors (Lipinski definition) is 3. The van der Waals surface area contributed by atoms with Gasteiger partial charge >= 0.3 is 5.97 Å². The normalized spacial score (nSPS) is 26.6. The van der Waals surface area contributed by atoms with Crippen LogP contribution in [-0.2, 0) is 23.2 Å². The van der Waals surface area contributed by atoms with Gasteiger partial charge in [0.15, 0.2) is 0 Å². The predicted molar refractivity (Wildman–Crippen MR) is 145 cm³/mol. The molecule has 4 aliphatic carbocycles. The van der Waals surface area contributed by atoms with Crippen LogP contribution in [0.15, 0.2) is 42.5 Å². The van der Waals surface area contributed by atoms with Crippen LogP contribution >= 0.6 is 0 Å². The van der Waals surface area contributed by atoms with E-state index in [1.54, 1.807) is 0 Å². The van der Waals surface area contributed by atoms with Crippen molar-refractivity contribution in [2.45, 2.75) is 83.6 Å². The average Bonchev–Trinajstić information content (AvgIpc) is 2.88. The summed E-state index contributed by atoms with van der Waals surface area (Å²) in [4.78, 5) is 24.6. The Morgan fingerprint density at radius 1 is 1.00 bits per heavy atom. The minimum Gasteiger partial charge on any atom is -0.493 e. The quantitative estimate of drug-likeness (QED) is 0.366. The lowest BCUT2D eigenvalue weighted by Crippen LogP contribution is -2.48. The molecule has 0 spiro atoms. The van der Waals surface area contributed by atoms with Gasteiger partial charge in [-0.05, 0) is 110 Å². The third kappa shape index (κ3) is 5.56. The molecule has 1 amide bonds. The van der Waals surface area contributed by atoms with E-state index in [1.807, 2.05) is 37.3 Å². The molecule has 4 saturated carbocycles. The maximum atomic E-state index is 13.1. The first-order chi connectivity index (χ1) is 17.9. The molecule has 198 valence electrons. The van der Waals surface area contributed by atoms with Crippen molar-refractivity contribution >= 4 is 11.9 Å². The summed E-state index contributed by atoms with van der Waals surface area (Å²) in [6.45, 7) is 4.89. The van der Waals surface area contributed by atoms with Crippen LogP contribution in [0.5, 0.6) is 5.75 Å². The third-order valence-corrected chi connectivity index (χ3v) is 9.15. The molecule has 0 heterocycles. The number of carbonyl (C=O) groups excluding carboxylic acids is 1. The molecule has 0 radical (unpaired) electrons. The fourth-order valence-corrected chi connectivity index (χ4v) is 7.66. The van der Waals surface area contributed by atoms with Crippen molar-refractivity contribution in [3.63, 3.8) is 0 Å². The van der Waals surface area contributed by atoms with Gasteiger partial charge in [0, 0.05) is 17.7 Å². The molecule has 0 unspecified atom stereocenters. The topological polar surface area (TPSA) is 75.6 Å². The largest absolute Gasteiger partial charge is 0.493 e. The van der Waals surface area contributed by atoms with Crippen molar-refractivity contribution < 1.29 is 19.4 Å². The van der Waals surface area contributed by atoms with Crippen LogP contribution < -0.4 is 10.1 Å². The zero-order valence-electron chi connectivity index (χ0n) is 22.3. The molecule has 2 aromatic rings. The second-order valence-corrected chi connectivity index (χ2v) is 11.9. The fourth-order valence-electron chi connectivity index (χ4n) is 7.66. The van der Waals surface area contributed by atoms with Crippen molar-refractivity contribution in [2.24, 2.45) is 23.7 Å². The molecule has 37 heavy (non-hydrogen) atoms.